The van der Waals surface area contributed by atoms with E-state index in [-0.39, 0.29) is 18.3 Å². The fourth-order valence-electron chi connectivity index (χ4n) is 1.87. The summed E-state index contributed by atoms with van der Waals surface area (Å²) in [6.45, 7) is 0.0511. The zero-order chi connectivity index (χ0) is 16.2. The highest BCUT2D eigenvalue weighted by molar-refractivity contribution is 8.00. The summed E-state index contributed by atoms with van der Waals surface area (Å²) in [6.07, 6.45) is 1.50. The molecule has 0 unspecified atom stereocenters. The van der Waals surface area contributed by atoms with Crippen molar-refractivity contribution in [3.8, 4) is 0 Å². The molecule has 0 amide bonds. The second-order valence-corrected chi connectivity index (χ2v) is 7.14. The summed E-state index contributed by atoms with van der Waals surface area (Å²) in [6, 6.07) is 7.10. The van der Waals surface area contributed by atoms with Crippen molar-refractivity contribution < 1.29 is 9.53 Å². The van der Waals surface area contributed by atoms with Crippen LogP contribution in [0.2, 0.25) is 10.0 Å². The number of carbonyl (C=O) groups excluding carboxylic acids is 1. The first kappa shape index (κ1) is 16.5. The van der Waals surface area contributed by atoms with E-state index in [2.05, 4.69) is 9.97 Å². The molecule has 0 aliphatic rings. The van der Waals surface area contributed by atoms with E-state index in [4.69, 9.17) is 27.9 Å². The van der Waals surface area contributed by atoms with E-state index in [0.29, 0.717) is 15.6 Å². The number of rotatable bonds is 5. The number of halogens is 2. The van der Waals surface area contributed by atoms with Crippen LogP contribution in [-0.4, -0.2) is 21.7 Å². The van der Waals surface area contributed by atoms with Crippen LogP contribution in [-0.2, 0) is 16.1 Å². The first-order valence-electron chi connectivity index (χ1n) is 6.54. The van der Waals surface area contributed by atoms with E-state index < -0.39 is 0 Å². The largest absolute Gasteiger partial charge is 0.460 e. The third-order valence-corrected chi connectivity index (χ3v) is 5.50. The van der Waals surface area contributed by atoms with Crippen molar-refractivity contribution >= 4 is 62.5 Å². The summed E-state index contributed by atoms with van der Waals surface area (Å²) in [5, 5.41) is 4.62. The molecule has 8 heteroatoms. The van der Waals surface area contributed by atoms with E-state index in [9.17, 15) is 4.79 Å². The van der Waals surface area contributed by atoms with Gasteiger partial charge in [0, 0.05) is 21.0 Å². The molecule has 0 fully saturated rings. The highest BCUT2D eigenvalue weighted by Gasteiger charge is 2.12. The van der Waals surface area contributed by atoms with Crippen LogP contribution in [0.3, 0.4) is 0 Å². The van der Waals surface area contributed by atoms with Crippen LogP contribution in [0.15, 0.2) is 41.0 Å². The molecule has 2 aromatic heterocycles. The molecule has 23 heavy (non-hydrogen) atoms. The molecule has 3 rings (SSSR count). The fourth-order valence-corrected chi connectivity index (χ4v) is 3.96. The molecule has 3 aromatic rings. The smallest absolute Gasteiger partial charge is 0.316 e. The lowest BCUT2D eigenvalue weighted by Gasteiger charge is -2.08. The molecule has 0 bridgehead atoms. The number of hydrogen-bond acceptors (Lipinski definition) is 6. The minimum Gasteiger partial charge on any atom is -0.460 e. The van der Waals surface area contributed by atoms with Gasteiger partial charge >= 0.3 is 5.97 Å². The third kappa shape index (κ3) is 3.95. The normalized spacial score (nSPS) is 10.9. The number of ether oxygens (including phenoxy) is 1. The number of thioether (sulfide) groups is 1. The van der Waals surface area contributed by atoms with E-state index in [1.165, 1.54) is 29.4 Å². The van der Waals surface area contributed by atoms with Gasteiger partial charge in [-0.1, -0.05) is 41.0 Å². The number of esters is 1. The summed E-state index contributed by atoms with van der Waals surface area (Å²) in [4.78, 5) is 21.2. The zero-order valence-corrected chi connectivity index (χ0v) is 14.8. The van der Waals surface area contributed by atoms with E-state index in [1.807, 2.05) is 11.4 Å². The summed E-state index contributed by atoms with van der Waals surface area (Å²) >= 11 is 14.9. The first-order valence-corrected chi connectivity index (χ1v) is 9.17. The molecule has 0 N–H and O–H groups in total. The molecule has 1 aromatic carbocycles. The number of fused-ring (bicyclic) bond motifs is 1. The van der Waals surface area contributed by atoms with Crippen molar-refractivity contribution in [2.24, 2.45) is 0 Å². The number of aromatic nitrogens is 2. The van der Waals surface area contributed by atoms with E-state index >= 15 is 0 Å². The van der Waals surface area contributed by atoms with Gasteiger partial charge in [0.2, 0.25) is 0 Å². The number of benzene rings is 1. The Morgan fingerprint density at radius 3 is 2.78 bits per heavy atom. The van der Waals surface area contributed by atoms with Crippen molar-refractivity contribution in [2.75, 3.05) is 5.75 Å². The van der Waals surface area contributed by atoms with Gasteiger partial charge in [-0.3, -0.25) is 4.79 Å². The molecule has 118 valence electrons. The van der Waals surface area contributed by atoms with Crippen molar-refractivity contribution in [2.45, 2.75) is 11.6 Å². The Kier molecular flexibility index (Phi) is 5.38. The van der Waals surface area contributed by atoms with Crippen LogP contribution in [0.5, 0.6) is 0 Å². The Labute approximate surface area is 150 Å². The second-order valence-electron chi connectivity index (χ2n) is 4.47. The van der Waals surface area contributed by atoms with Crippen LogP contribution in [0.1, 0.15) is 5.56 Å². The third-order valence-electron chi connectivity index (χ3n) is 2.99. The van der Waals surface area contributed by atoms with Crippen LogP contribution >= 0.6 is 46.3 Å². The standard InChI is InChI=1S/C15H10Cl2N2O2S2/c16-11-2-1-3-12(17)10(11)6-21-13(20)7-23-15-9-4-5-22-14(9)18-8-19-15/h1-5,8H,6-7H2. The monoisotopic (exact) mass is 384 g/mol. The molecule has 0 saturated carbocycles. The van der Waals surface area contributed by atoms with Crippen LogP contribution in [0, 0.1) is 0 Å². The van der Waals surface area contributed by atoms with Crippen molar-refractivity contribution in [3.63, 3.8) is 0 Å². The van der Waals surface area contributed by atoms with Gasteiger partial charge in [-0.2, -0.15) is 0 Å². The maximum Gasteiger partial charge on any atom is 0.316 e. The highest BCUT2D eigenvalue weighted by Crippen LogP contribution is 2.28. The Hall–Kier alpha value is -1.34. The van der Waals surface area contributed by atoms with E-state index in [0.717, 1.165) is 15.2 Å². The van der Waals surface area contributed by atoms with E-state index in [1.54, 1.807) is 18.2 Å². The van der Waals surface area contributed by atoms with Crippen LogP contribution in [0.25, 0.3) is 10.2 Å². The summed E-state index contributed by atoms with van der Waals surface area (Å²) < 4.78 is 5.24. The Balaban J connectivity index is 1.59. The Morgan fingerprint density at radius 2 is 2.00 bits per heavy atom. The van der Waals surface area contributed by atoms with Gasteiger partial charge in [0.1, 0.15) is 22.8 Å². The molecule has 0 aliphatic carbocycles. The average molecular weight is 385 g/mol. The topological polar surface area (TPSA) is 52.1 Å². The highest BCUT2D eigenvalue weighted by atomic mass is 35.5. The lowest BCUT2D eigenvalue weighted by molar-refractivity contribution is -0.141. The number of nitrogens with zero attached hydrogens (tertiary/aromatic N) is 2. The lowest BCUT2D eigenvalue weighted by atomic mass is 10.2. The van der Waals surface area contributed by atoms with Crippen molar-refractivity contribution in [1.29, 1.82) is 0 Å². The Morgan fingerprint density at radius 1 is 1.22 bits per heavy atom. The van der Waals surface area contributed by atoms with Crippen molar-refractivity contribution in [1.82, 2.24) is 9.97 Å². The minimum atomic E-state index is -0.354. The van der Waals surface area contributed by atoms with Gasteiger partial charge < -0.3 is 4.74 Å². The molecule has 0 spiro atoms. The number of carbonyl (C=O) groups is 1. The molecule has 0 aliphatic heterocycles. The SMILES string of the molecule is O=C(CSc1ncnc2sccc12)OCc1c(Cl)cccc1Cl. The average Bonchev–Trinajstić information content (AvgIpc) is 3.01. The molecule has 0 saturated heterocycles. The minimum absolute atomic E-state index is 0.0511. The van der Waals surface area contributed by atoms with Crippen LogP contribution < -0.4 is 0 Å². The maximum atomic E-state index is 11.9. The number of thiophene rings is 1. The molecule has 0 radical (unpaired) electrons. The summed E-state index contributed by atoms with van der Waals surface area (Å²) in [7, 11) is 0. The summed E-state index contributed by atoms with van der Waals surface area (Å²) in [5.41, 5.74) is 0.608. The first-order chi connectivity index (χ1) is 11.1. The molecule has 4 nitrogen and oxygen atoms in total. The van der Waals surface area contributed by atoms with Crippen LogP contribution in [0.4, 0.5) is 0 Å². The lowest BCUT2D eigenvalue weighted by Crippen LogP contribution is -2.08. The van der Waals surface area contributed by atoms with Gasteiger partial charge in [0.15, 0.2) is 0 Å². The predicted octanol–water partition coefficient (Wildman–Crippen LogP) is 4.83. The van der Waals surface area contributed by atoms with Crippen molar-refractivity contribution in [3.05, 3.63) is 51.6 Å². The van der Waals surface area contributed by atoms with Gasteiger partial charge in [-0.15, -0.1) is 11.3 Å². The van der Waals surface area contributed by atoms with Gasteiger partial charge in [0.25, 0.3) is 0 Å². The predicted molar refractivity (Wildman–Crippen MR) is 94.4 cm³/mol. The fraction of sp³-hybridized carbons (Fsp3) is 0.133. The van der Waals surface area contributed by atoms with Gasteiger partial charge in [0.05, 0.1) is 5.75 Å². The quantitative estimate of drug-likeness (QED) is 0.358. The molecular weight excluding hydrogens is 375 g/mol. The zero-order valence-electron chi connectivity index (χ0n) is 11.7. The molecule has 2 heterocycles. The molecule has 0 atom stereocenters. The number of hydrogen-bond donors (Lipinski definition) is 0. The van der Waals surface area contributed by atoms with Gasteiger partial charge in [-0.25, -0.2) is 9.97 Å². The maximum absolute atomic E-state index is 11.9. The molecular formula is C15H10Cl2N2O2S2. The second kappa shape index (κ2) is 7.49. The Bertz CT molecular complexity index is 834. The summed E-state index contributed by atoms with van der Waals surface area (Å²) in [5.74, 6) is -0.197. The van der Waals surface area contributed by atoms with Gasteiger partial charge in [-0.05, 0) is 23.6 Å².